The van der Waals surface area contributed by atoms with Crippen LogP contribution in [0.3, 0.4) is 0 Å². The van der Waals surface area contributed by atoms with Crippen LogP contribution in [0.25, 0.3) is 0 Å². The Hall–Kier alpha value is -2.52. The predicted molar refractivity (Wildman–Crippen MR) is 82.1 cm³/mol. The fourth-order valence-electron chi connectivity index (χ4n) is 1.66. The van der Waals surface area contributed by atoms with Gasteiger partial charge in [0.15, 0.2) is 0 Å². The van der Waals surface area contributed by atoms with E-state index in [0.717, 1.165) is 10.6 Å². The number of carbonyl (C=O) groups excluding carboxylic acids is 1. The number of nitriles is 1. The Kier molecular flexibility index (Phi) is 5.18. The van der Waals surface area contributed by atoms with Crippen LogP contribution in [0.2, 0.25) is 0 Å². The van der Waals surface area contributed by atoms with E-state index in [4.69, 9.17) is 15.7 Å². The van der Waals surface area contributed by atoms with E-state index in [0.29, 0.717) is 17.9 Å². The first-order valence-corrected chi connectivity index (χ1v) is 7.28. The van der Waals surface area contributed by atoms with E-state index in [1.807, 2.05) is 35.7 Å². The number of rotatable bonds is 7. The normalized spacial score (nSPS) is 9.86. The molecule has 3 N–H and O–H groups in total. The van der Waals surface area contributed by atoms with E-state index >= 15 is 0 Å². The Balaban J connectivity index is 1.82. The molecule has 0 bridgehead atoms. The summed E-state index contributed by atoms with van der Waals surface area (Å²) in [4.78, 5) is 11.7. The van der Waals surface area contributed by atoms with Crippen LogP contribution in [0.5, 0.6) is 5.75 Å². The third-order valence-corrected chi connectivity index (χ3v) is 3.66. The zero-order valence-electron chi connectivity index (χ0n) is 11.3. The molecule has 108 valence electrons. The molecule has 1 heterocycles. The van der Waals surface area contributed by atoms with Crippen LogP contribution in [0.1, 0.15) is 16.9 Å². The number of nitrogens with zero attached hydrogens (tertiary/aromatic N) is 1. The molecular weight excluding hydrogens is 286 g/mol. The molecular formula is C15H15N3O2S. The number of nitrogens with one attached hydrogen (secondary N) is 1. The van der Waals surface area contributed by atoms with Gasteiger partial charge < -0.3 is 15.8 Å². The standard InChI is InChI=1S/C15H15N3O2S/c16-8-11-7-14(21-10-11)9-18-12-1-3-13(4-2-12)20-6-5-15(17)19/h1-4,7,10,18H,5-6,9H2,(H2,17,19). The van der Waals surface area contributed by atoms with Gasteiger partial charge in [0.05, 0.1) is 18.6 Å². The van der Waals surface area contributed by atoms with Crippen molar-refractivity contribution < 1.29 is 9.53 Å². The first-order valence-electron chi connectivity index (χ1n) is 6.40. The molecule has 0 aliphatic carbocycles. The molecule has 5 nitrogen and oxygen atoms in total. The Morgan fingerprint density at radius 2 is 2.14 bits per heavy atom. The van der Waals surface area contributed by atoms with Gasteiger partial charge in [-0.05, 0) is 30.3 Å². The molecule has 21 heavy (non-hydrogen) atoms. The van der Waals surface area contributed by atoms with Gasteiger partial charge in [-0.25, -0.2) is 0 Å². The van der Waals surface area contributed by atoms with Crippen molar-refractivity contribution in [3.63, 3.8) is 0 Å². The lowest BCUT2D eigenvalue weighted by Gasteiger charge is -2.07. The van der Waals surface area contributed by atoms with Crippen LogP contribution >= 0.6 is 11.3 Å². The van der Waals surface area contributed by atoms with Crippen LogP contribution in [-0.4, -0.2) is 12.5 Å². The van der Waals surface area contributed by atoms with E-state index in [1.54, 1.807) is 11.3 Å². The number of ether oxygens (including phenoxy) is 1. The first kappa shape index (κ1) is 14.9. The van der Waals surface area contributed by atoms with Gasteiger partial charge in [-0.3, -0.25) is 4.79 Å². The highest BCUT2D eigenvalue weighted by molar-refractivity contribution is 7.10. The van der Waals surface area contributed by atoms with E-state index in [1.165, 1.54) is 0 Å². The van der Waals surface area contributed by atoms with E-state index in [2.05, 4.69) is 11.4 Å². The zero-order chi connectivity index (χ0) is 15.1. The summed E-state index contributed by atoms with van der Waals surface area (Å²) in [6.07, 6.45) is 0.208. The summed E-state index contributed by atoms with van der Waals surface area (Å²) in [5, 5.41) is 13.9. The number of amides is 1. The molecule has 0 spiro atoms. The highest BCUT2D eigenvalue weighted by Crippen LogP contribution is 2.19. The maximum absolute atomic E-state index is 10.6. The highest BCUT2D eigenvalue weighted by Gasteiger charge is 2.00. The van der Waals surface area contributed by atoms with Gasteiger partial charge in [0.25, 0.3) is 0 Å². The summed E-state index contributed by atoms with van der Waals surface area (Å²) in [6, 6.07) is 11.5. The summed E-state index contributed by atoms with van der Waals surface area (Å²) >= 11 is 1.56. The van der Waals surface area contributed by atoms with Crippen LogP contribution in [0, 0.1) is 11.3 Å². The Morgan fingerprint density at radius 1 is 1.38 bits per heavy atom. The highest BCUT2D eigenvalue weighted by atomic mass is 32.1. The number of primary amides is 1. The van der Waals surface area contributed by atoms with Crippen LogP contribution in [0.15, 0.2) is 35.7 Å². The van der Waals surface area contributed by atoms with Crippen molar-refractivity contribution in [3.05, 3.63) is 46.2 Å². The number of thiophene rings is 1. The van der Waals surface area contributed by atoms with Gasteiger partial charge in [-0.2, -0.15) is 5.26 Å². The Bertz CT molecular complexity index is 644. The molecule has 1 aromatic heterocycles. The molecule has 0 atom stereocenters. The molecule has 0 aliphatic heterocycles. The minimum absolute atomic E-state index is 0.208. The smallest absolute Gasteiger partial charge is 0.220 e. The quantitative estimate of drug-likeness (QED) is 0.822. The summed E-state index contributed by atoms with van der Waals surface area (Å²) < 4.78 is 5.39. The molecule has 0 radical (unpaired) electrons. The summed E-state index contributed by atoms with van der Waals surface area (Å²) in [5.41, 5.74) is 6.69. The second-order valence-corrected chi connectivity index (χ2v) is 5.35. The lowest BCUT2D eigenvalue weighted by atomic mass is 10.3. The Labute approximate surface area is 127 Å². The number of hydrogen-bond acceptors (Lipinski definition) is 5. The molecule has 0 unspecified atom stereocenters. The second-order valence-electron chi connectivity index (χ2n) is 4.36. The number of hydrogen-bond donors (Lipinski definition) is 2. The summed E-state index contributed by atoms with van der Waals surface area (Å²) in [7, 11) is 0. The van der Waals surface area contributed by atoms with Crippen LogP contribution < -0.4 is 15.8 Å². The van der Waals surface area contributed by atoms with E-state index < -0.39 is 0 Å². The molecule has 0 saturated carbocycles. The van der Waals surface area contributed by atoms with Gasteiger partial charge in [-0.15, -0.1) is 11.3 Å². The predicted octanol–water partition coefficient (Wildman–Crippen LogP) is 2.49. The number of nitrogens with two attached hydrogens (primary N) is 1. The van der Waals surface area contributed by atoms with E-state index in [-0.39, 0.29) is 18.9 Å². The fourth-order valence-corrected chi connectivity index (χ4v) is 2.41. The molecule has 1 aromatic carbocycles. The molecule has 0 fully saturated rings. The SMILES string of the molecule is N#Cc1csc(CNc2ccc(OCCC(N)=O)cc2)c1. The van der Waals surface area contributed by atoms with Crippen LogP contribution in [0.4, 0.5) is 5.69 Å². The number of carbonyl (C=O) groups is 1. The number of benzene rings is 1. The molecule has 2 rings (SSSR count). The van der Waals surface area contributed by atoms with Crippen molar-refractivity contribution >= 4 is 22.9 Å². The first-order chi connectivity index (χ1) is 10.2. The van der Waals surface area contributed by atoms with Gasteiger partial charge in [0.1, 0.15) is 11.8 Å². The van der Waals surface area contributed by atoms with Crippen molar-refractivity contribution in [1.29, 1.82) is 5.26 Å². The van der Waals surface area contributed by atoms with Crippen molar-refractivity contribution in [1.82, 2.24) is 0 Å². The lowest BCUT2D eigenvalue weighted by Crippen LogP contribution is -2.14. The largest absolute Gasteiger partial charge is 0.493 e. The third-order valence-electron chi connectivity index (χ3n) is 2.72. The Morgan fingerprint density at radius 3 is 2.76 bits per heavy atom. The molecule has 0 aliphatic rings. The number of anilines is 1. The molecule has 6 heteroatoms. The lowest BCUT2D eigenvalue weighted by molar-refractivity contribution is -0.118. The minimum Gasteiger partial charge on any atom is -0.493 e. The van der Waals surface area contributed by atoms with Gasteiger partial charge in [0.2, 0.25) is 5.91 Å². The van der Waals surface area contributed by atoms with Gasteiger partial charge in [-0.1, -0.05) is 0 Å². The molecule has 1 amide bonds. The van der Waals surface area contributed by atoms with Crippen molar-refractivity contribution in [2.45, 2.75) is 13.0 Å². The average Bonchev–Trinajstić information content (AvgIpc) is 2.94. The minimum atomic E-state index is -0.374. The second kappa shape index (κ2) is 7.31. The van der Waals surface area contributed by atoms with Crippen molar-refractivity contribution in [3.8, 4) is 11.8 Å². The average molecular weight is 301 g/mol. The topological polar surface area (TPSA) is 88.1 Å². The van der Waals surface area contributed by atoms with Gasteiger partial charge in [0, 0.05) is 22.5 Å². The van der Waals surface area contributed by atoms with Crippen LogP contribution in [-0.2, 0) is 11.3 Å². The maximum atomic E-state index is 10.6. The summed E-state index contributed by atoms with van der Waals surface area (Å²) in [5.74, 6) is 0.325. The van der Waals surface area contributed by atoms with Crippen molar-refractivity contribution in [2.24, 2.45) is 5.73 Å². The maximum Gasteiger partial charge on any atom is 0.220 e. The zero-order valence-corrected chi connectivity index (χ0v) is 12.2. The van der Waals surface area contributed by atoms with E-state index in [9.17, 15) is 4.79 Å². The van der Waals surface area contributed by atoms with Gasteiger partial charge >= 0.3 is 0 Å². The molecule has 2 aromatic rings. The molecule has 0 saturated heterocycles. The third kappa shape index (κ3) is 4.82. The monoisotopic (exact) mass is 301 g/mol. The summed E-state index contributed by atoms with van der Waals surface area (Å²) in [6.45, 7) is 0.961. The fraction of sp³-hybridized carbons (Fsp3) is 0.200. The van der Waals surface area contributed by atoms with Crippen molar-refractivity contribution in [2.75, 3.05) is 11.9 Å².